The Morgan fingerprint density at radius 2 is 1.71 bits per heavy atom. The summed E-state index contributed by atoms with van der Waals surface area (Å²) in [6.07, 6.45) is 1.53. The maximum atomic E-state index is 12.4. The Kier molecular flexibility index (Phi) is 6.00. The van der Waals surface area contributed by atoms with Crippen LogP contribution in [0.25, 0.3) is 0 Å². The maximum absolute atomic E-state index is 12.4. The van der Waals surface area contributed by atoms with E-state index in [4.69, 9.17) is 4.43 Å². The van der Waals surface area contributed by atoms with Crippen LogP contribution >= 0.6 is 0 Å². The van der Waals surface area contributed by atoms with Gasteiger partial charge in [-0.05, 0) is 26.1 Å². The molecule has 0 amide bonds. The molecule has 14 heavy (non-hydrogen) atoms. The van der Waals surface area contributed by atoms with E-state index in [1.165, 1.54) is 0 Å². The van der Waals surface area contributed by atoms with Crippen molar-refractivity contribution >= 4 is 8.32 Å². The van der Waals surface area contributed by atoms with Crippen LogP contribution in [0.15, 0.2) is 11.8 Å². The highest BCUT2D eigenvalue weighted by atomic mass is 28.4. The van der Waals surface area contributed by atoms with Crippen molar-refractivity contribution in [3.8, 4) is 0 Å². The van der Waals surface area contributed by atoms with Crippen LogP contribution in [0.5, 0.6) is 0 Å². The smallest absolute Gasteiger partial charge is 0.306 e. The van der Waals surface area contributed by atoms with E-state index in [-0.39, 0.29) is 5.76 Å². The van der Waals surface area contributed by atoms with Crippen molar-refractivity contribution in [2.45, 2.75) is 52.2 Å². The molecular formula is C10H20F2OSi. The van der Waals surface area contributed by atoms with E-state index >= 15 is 0 Å². The van der Waals surface area contributed by atoms with E-state index < -0.39 is 14.4 Å². The van der Waals surface area contributed by atoms with Crippen molar-refractivity contribution in [3.63, 3.8) is 0 Å². The molecule has 0 atom stereocenters. The lowest BCUT2D eigenvalue weighted by molar-refractivity contribution is 0.308. The zero-order valence-corrected chi connectivity index (χ0v) is 10.5. The molecule has 0 rings (SSSR count). The number of rotatable bonds is 6. The lowest BCUT2D eigenvalue weighted by Crippen LogP contribution is -2.25. The summed E-state index contributed by atoms with van der Waals surface area (Å²) in [5, 5.41) is 0. The van der Waals surface area contributed by atoms with Crippen molar-refractivity contribution in [3.05, 3.63) is 11.8 Å². The summed E-state index contributed by atoms with van der Waals surface area (Å²) in [6, 6.07) is 0. The van der Waals surface area contributed by atoms with Crippen molar-refractivity contribution in [2.75, 3.05) is 0 Å². The zero-order valence-electron chi connectivity index (χ0n) is 9.49. The number of allylic oxidation sites excluding steroid dienone is 1. The first-order valence-corrected chi connectivity index (χ1v) is 8.51. The highest BCUT2D eigenvalue weighted by Crippen LogP contribution is 2.21. The molecule has 0 saturated heterocycles. The van der Waals surface area contributed by atoms with E-state index in [2.05, 4.69) is 6.92 Å². The Labute approximate surface area is 86.3 Å². The Morgan fingerprint density at radius 3 is 2.07 bits per heavy atom. The molecule has 1 nitrogen and oxygen atoms in total. The molecule has 0 aliphatic carbocycles. The first kappa shape index (κ1) is 13.6. The fraction of sp³-hybridized carbons (Fsp3) is 0.800. The summed E-state index contributed by atoms with van der Waals surface area (Å²) in [4.78, 5) is 0. The van der Waals surface area contributed by atoms with Gasteiger partial charge in [0.05, 0.1) is 0 Å². The number of halogens is 2. The predicted molar refractivity (Wildman–Crippen MR) is 57.8 cm³/mol. The molecule has 0 heterocycles. The molecule has 0 aliphatic rings. The standard InChI is InChI=1S/C10H20F2OSi/c1-5-6-7-8-9(10(11)12)13-14(2,3)4/h5-8H2,1-4H3. The Bertz CT molecular complexity index is 193. The normalized spacial score (nSPS) is 11.3. The molecule has 0 aliphatic heterocycles. The summed E-state index contributed by atoms with van der Waals surface area (Å²) in [5.41, 5.74) is 0. The first-order valence-electron chi connectivity index (χ1n) is 5.10. The fourth-order valence-corrected chi connectivity index (χ4v) is 2.01. The van der Waals surface area contributed by atoms with Gasteiger partial charge in [0.25, 0.3) is 0 Å². The molecule has 0 unspecified atom stereocenters. The predicted octanol–water partition coefficient (Wildman–Crippen LogP) is 4.53. The minimum absolute atomic E-state index is 0.0855. The van der Waals surface area contributed by atoms with Crippen LogP contribution in [-0.2, 0) is 4.43 Å². The second-order valence-corrected chi connectivity index (χ2v) is 8.78. The van der Waals surface area contributed by atoms with Gasteiger partial charge in [0, 0.05) is 6.42 Å². The van der Waals surface area contributed by atoms with Crippen LogP contribution in [0.3, 0.4) is 0 Å². The molecule has 0 saturated carbocycles. The lowest BCUT2D eigenvalue weighted by atomic mass is 10.2. The molecule has 4 heteroatoms. The third-order valence-corrected chi connectivity index (χ3v) is 2.51. The van der Waals surface area contributed by atoms with Crippen LogP contribution in [0.4, 0.5) is 8.78 Å². The zero-order chi connectivity index (χ0) is 11.2. The van der Waals surface area contributed by atoms with Crippen LogP contribution in [-0.4, -0.2) is 8.32 Å². The van der Waals surface area contributed by atoms with E-state index in [0.717, 1.165) is 19.3 Å². The topological polar surface area (TPSA) is 9.23 Å². The van der Waals surface area contributed by atoms with E-state index in [1.54, 1.807) is 0 Å². The van der Waals surface area contributed by atoms with E-state index in [1.807, 2.05) is 19.6 Å². The number of hydrogen-bond donors (Lipinski definition) is 0. The van der Waals surface area contributed by atoms with Gasteiger partial charge >= 0.3 is 6.08 Å². The van der Waals surface area contributed by atoms with Gasteiger partial charge in [0.2, 0.25) is 8.32 Å². The average molecular weight is 222 g/mol. The highest BCUT2D eigenvalue weighted by molar-refractivity contribution is 6.70. The summed E-state index contributed by atoms with van der Waals surface area (Å²) in [5.74, 6) is -0.0855. The highest BCUT2D eigenvalue weighted by Gasteiger charge is 2.20. The third kappa shape index (κ3) is 7.06. The molecule has 0 radical (unpaired) electrons. The van der Waals surface area contributed by atoms with Gasteiger partial charge in [0.15, 0.2) is 0 Å². The minimum Gasteiger partial charge on any atom is -0.544 e. The molecular weight excluding hydrogens is 202 g/mol. The van der Waals surface area contributed by atoms with Crippen LogP contribution in [0.1, 0.15) is 32.6 Å². The lowest BCUT2D eigenvalue weighted by Gasteiger charge is -2.20. The Hall–Kier alpha value is -0.383. The minimum atomic E-state index is -1.88. The SMILES string of the molecule is CCCCCC(O[Si](C)(C)C)=C(F)F. The molecule has 0 spiro atoms. The fourth-order valence-electron chi connectivity index (χ4n) is 1.09. The van der Waals surface area contributed by atoms with Gasteiger partial charge in [-0.3, -0.25) is 0 Å². The maximum Gasteiger partial charge on any atom is 0.306 e. The first-order chi connectivity index (χ1) is 6.37. The molecule has 0 N–H and O–H groups in total. The molecule has 0 aromatic rings. The molecule has 0 bridgehead atoms. The second kappa shape index (κ2) is 6.17. The monoisotopic (exact) mass is 222 g/mol. The Balaban J connectivity index is 4.13. The van der Waals surface area contributed by atoms with Crippen LogP contribution < -0.4 is 0 Å². The van der Waals surface area contributed by atoms with Crippen LogP contribution in [0.2, 0.25) is 19.6 Å². The van der Waals surface area contributed by atoms with Gasteiger partial charge in [-0.1, -0.05) is 19.8 Å². The number of unbranched alkanes of at least 4 members (excludes halogenated alkanes) is 2. The summed E-state index contributed by atoms with van der Waals surface area (Å²) in [6.45, 7) is 7.79. The van der Waals surface area contributed by atoms with Crippen molar-refractivity contribution in [1.82, 2.24) is 0 Å². The molecule has 0 aromatic carbocycles. The summed E-state index contributed by atoms with van der Waals surface area (Å²) >= 11 is 0. The van der Waals surface area contributed by atoms with Crippen molar-refractivity contribution in [2.24, 2.45) is 0 Å². The van der Waals surface area contributed by atoms with E-state index in [0.29, 0.717) is 6.42 Å². The van der Waals surface area contributed by atoms with Gasteiger partial charge < -0.3 is 4.43 Å². The molecule has 84 valence electrons. The molecule has 0 aromatic heterocycles. The van der Waals surface area contributed by atoms with Crippen LogP contribution in [0, 0.1) is 0 Å². The van der Waals surface area contributed by atoms with Gasteiger partial charge in [-0.15, -0.1) is 0 Å². The number of hydrogen-bond acceptors (Lipinski definition) is 1. The van der Waals surface area contributed by atoms with Gasteiger partial charge in [-0.25, -0.2) is 0 Å². The van der Waals surface area contributed by atoms with Crippen molar-refractivity contribution in [1.29, 1.82) is 0 Å². The average Bonchev–Trinajstić information content (AvgIpc) is 2.00. The quantitative estimate of drug-likeness (QED) is 0.364. The summed E-state index contributed by atoms with van der Waals surface area (Å²) < 4.78 is 30.2. The van der Waals surface area contributed by atoms with E-state index in [9.17, 15) is 8.78 Å². The third-order valence-electron chi connectivity index (χ3n) is 1.65. The van der Waals surface area contributed by atoms with Gasteiger partial charge in [-0.2, -0.15) is 8.78 Å². The molecule has 0 fully saturated rings. The van der Waals surface area contributed by atoms with Gasteiger partial charge in [0.1, 0.15) is 5.76 Å². The largest absolute Gasteiger partial charge is 0.544 e. The second-order valence-electron chi connectivity index (χ2n) is 4.36. The summed E-state index contributed by atoms with van der Waals surface area (Å²) in [7, 11) is -1.88. The Morgan fingerprint density at radius 1 is 1.14 bits per heavy atom. The van der Waals surface area contributed by atoms with Crippen molar-refractivity contribution < 1.29 is 13.2 Å².